The molecule has 2 amide bonds. The smallest absolute Gasteiger partial charge is 0.236 e. The van der Waals surface area contributed by atoms with Crippen LogP contribution in [-0.2, 0) is 16.0 Å². The molecule has 18 heavy (non-hydrogen) atoms. The van der Waals surface area contributed by atoms with Crippen molar-refractivity contribution in [2.45, 2.75) is 6.42 Å². The second-order valence-electron chi connectivity index (χ2n) is 4.10. The summed E-state index contributed by atoms with van der Waals surface area (Å²) in [6.45, 7) is -0.119. The molecule has 4 nitrogen and oxygen atoms in total. The number of hydrogen-bond donors (Lipinski definition) is 2. The van der Waals surface area contributed by atoms with Crippen molar-refractivity contribution in [3.63, 3.8) is 0 Å². The van der Waals surface area contributed by atoms with Gasteiger partial charge in [-0.25, -0.2) is 0 Å². The van der Waals surface area contributed by atoms with Gasteiger partial charge in [0.2, 0.25) is 11.8 Å². The number of hydrogen-bond acceptors (Lipinski definition) is 2. The molecule has 0 heterocycles. The molecular formula is C14H14N2O2. The Morgan fingerprint density at radius 2 is 1.78 bits per heavy atom. The topological polar surface area (TPSA) is 72.2 Å². The van der Waals surface area contributed by atoms with Crippen LogP contribution in [0.5, 0.6) is 0 Å². The average Bonchev–Trinajstić information content (AvgIpc) is 2.36. The van der Waals surface area contributed by atoms with Gasteiger partial charge in [-0.3, -0.25) is 9.59 Å². The number of nitrogens with two attached hydrogens (primary N) is 1. The monoisotopic (exact) mass is 242 g/mol. The van der Waals surface area contributed by atoms with Gasteiger partial charge in [0, 0.05) is 0 Å². The molecule has 0 aliphatic rings. The van der Waals surface area contributed by atoms with E-state index in [0.29, 0.717) is 0 Å². The van der Waals surface area contributed by atoms with Crippen molar-refractivity contribution in [1.82, 2.24) is 5.32 Å². The van der Waals surface area contributed by atoms with Crippen LogP contribution in [0.3, 0.4) is 0 Å². The van der Waals surface area contributed by atoms with Crippen LogP contribution >= 0.6 is 0 Å². The molecule has 92 valence electrons. The highest BCUT2D eigenvalue weighted by atomic mass is 16.2. The first-order chi connectivity index (χ1) is 8.65. The third kappa shape index (κ3) is 3.07. The Bertz CT molecular complexity index is 593. The van der Waals surface area contributed by atoms with Crippen LogP contribution in [0.1, 0.15) is 5.56 Å². The number of fused-ring (bicyclic) bond motifs is 1. The maximum atomic E-state index is 11.5. The van der Waals surface area contributed by atoms with E-state index in [9.17, 15) is 9.59 Å². The summed E-state index contributed by atoms with van der Waals surface area (Å²) in [5.41, 5.74) is 5.87. The molecule has 0 saturated carbocycles. The predicted molar refractivity (Wildman–Crippen MR) is 69.9 cm³/mol. The van der Waals surface area contributed by atoms with E-state index in [1.165, 1.54) is 0 Å². The Balaban J connectivity index is 2.07. The molecule has 0 atom stereocenters. The van der Waals surface area contributed by atoms with Crippen LogP contribution in [0.2, 0.25) is 0 Å². The van der Waals surface area contributed by atoms with Crippen molar-refractivity contribution in [2.24, 2.45) is 5.73 Å². The summed E-state index contributed by atoms with van der Waals surface area (Å²) in [4.78, 5) is 22.1. The fraction of sp³-hybridized carbons (Fsp3) is 0.143. The number of amides is 2. The van der Waals surface area contributed by atoms with Gasteiger partial charge in [-0.1, -0.05) is 42.5 Å². The van der Waals surface area contributed by atoms with Crippen LogP contribution in [0.25, 0.3) is 10.8 Å². The molecule has 0 spiro atoms. The number of primary amides is 1. The summed E-state index contributed by atoms with van der Waals surface area (Å²) >= 11 is 0. The van der Waals surface area contributed by atoms with E-state index in [1.807, 2.05) is 42.5 Å². The summed E-state index contributed by atoms with van der Waals surface area (Å²) in [7, 11) is 0. The lowest BCUT2D eigenvalue weighted by molar-refractivity contribution is -0.124. The Kier molecular flexibility index (Phi) is 3.57. The minimum atomic E-state index is -0.540. The van der Waals surface area contributed by atoms with Gasteiger partial charge in [0.1, 0.15) is 0 Å². The number of nitrogens with one attached hydrogen (secondary N) is 1. The third-order valence-electron chi connectivity index (χ3n) is 2.64. The Morgan fingerprint density at radius 3 is 2.50 bits per heavy atom. The Hall–Kier alpha value is -2.36. The summed E-state index contributed by atoms with van der Waals surface area (Å²) in [6.07, 6.45) is 0.248. The Labute approximate surface area is 105 Å². The molecule has 4 heteroatoms. The van der Waals surface area contributed by atoms with Gasteiger partial charge in [0.05, 0.1) is 13.0 Å². The largest absolute Gasteiger partial charge is 0.368 e. The van der Waals surface area contributed by atoms with Crippen molar-refractivity contribution >= 4 is 22.6 Å². The molecule has 0 aliphatic heterocycles. The van der Waals surface area contributed by atoms with E-state index in [-0.39, 0.29) is 18.9 Å². The molecule has 0 fully saturated rings. The maximum absolute atomic E-state index is 11.5. The second kappa shape index (κ2) is 5.31. The molecule has 2 aromatic carbocycles. The summed E-state index contributed by atoms with van der Waals surface area (Å²) in [6, 6.07) is 13.8. The molecule has 2 rings (SSSR count). The minimum absolute atomic E-state index is 0.119. The van der Waals surface area contributed by atoms with Crippen LogP contribution in [0, 0.1) is 0 Å². The molecule has 0 aliphatic carbocycles. The fourth-order valence-corrected chi connectivity index (χ4v) is 1.78. The lowest BCUT2D eigenvalue weighted by Crippen LogP contribution is -2.34. The van der Waals surface area contributed by atoms with Crippen molar-refractivity contribution < 1.29 is 9.59 Å². The van der Waals surface area contributed by atoms with E-state index >= 15 is 0 Å². The first-order valence-corrected chi connectivity index (χ1v) is 5.68. The lowest BCUT2D eigenvalue weighted by Gasteiger charge is -2.04. The van der Waals surface area contributed by atoms with Gasteiger partial charge in [-0.05, 0) is 16.3 Å². The molecule has 0 aromatic heterocycles. The number of carbonyl (C=O) groups excluding carboxylic acids is 2. The second-order valence-corrected chi connectivity index (χ2v) is 4.10. The first-order valence-electron chi connectivity index (χ1n) is 5.68. The highest BCUT2D eigenvalue weighted by Crippen LogP contribution is 2.15. The van der Waals surface area contributed by atoms with Gasteiger partial charge in [0.25, 0.3) is 0 Å². The van der Waals surface area contributed by atoms with Crippen LogP contribution < -0.4 is 11.1 Å². The molecule has 0 radical (unpaired) electrons. The van der Waals surface area contributed by atoms with Crippen molar-refractivity contribution in [1.29, 1.82) is 0 Å². The normalized spacial score (nSPS) is 10.2. The zero-order valence-electron chi connectivity index (χ0n) is 9.85. The standard InChI is InChI=1S/C14H14N2O2/c15-13(17)9-16-14(18)8-10-5-6-11-3-1-2-4-12(11)7-10/h1-7H,8-9H2,(H2,15,17)(H,16,18). The predicted octanol–water partition coefficient (Wildman–Crippen LogP) is 0.984. The fourth-order valence-electron chi connectivity index (χ4n) is 1.78. The summed E-state index contributed by atoms with van der Waals surface area (Å²) in [5.74, 6) is -0.744. The first kappa shape index (κ1) is 12.1. The molecule has 2 aromatic rings. The van der Waals surface area contributed by atoms with E-state index in [2.05, 4.69) is 5.32 Å². The third-order valence-corrected chi connectivity index (χ3v) is 2.64. The number of benzene rings is 2. The highest BCUT2D eigenvalue weighted by molar-refractivity contribution is 5.87. The highest BCUT2D eigenvalue weighted by Gasteiger charge is 2.04. The minimum Gasteiger partial charge on any atom is -0.368 e. The maximum Gasteiger partial charge on any atom is 0.236 e. The lowest BCUT2D eigenvalue weighted by atomic mass is 10.1. The quantitative estimate of drug-likeness (QED) is 0.839. The van der Waals surface area contributed by atoms with Gasteiger partial charge >= 0.3 is 0 Å². The Morgan fingerprint density at radius 1 is 1.06 bits per heavy atom. The molecule has 0 bridgehead atoms. The summed E-state index contributed by atoms with van der Waals surface area (Å²) in [5, 5.41) is 4.70. The van der Waals surface area contributed by atoms with E-state index in [1.54, 1.807) is 0 Å². The molecule has 0 saturated heterocycles. The number of carbonyl (C=O) groups is 2. The zero-order chi connectivity index (χ0) is 13.0. The van der Waals surface area contributed by atoms with E-state index < -0.39 is 5.91 Å². The van der Waals surface area contributed by atoms with Crippen LogP contribution in [0.15, 0.2) is 42.5 Å². The van der Waals surface area contributed by atoms with E-state index in [4.69, 9.17) is 5.73 Å². The van der Waals surface area contributed by atoms with E-state index in [0.717, 1.165) is 16.3 Å². The van der Waals surface area contributed by atoms with Gasteiger partial charge in [0.15, 0.2) is 0 Å². The van der Waals surface area contributed by atoms with Crippen LogP contribution in [-0.4, -0.2) is 18.4 Å². The number of rotatable bonds is 4. The SMILES string of the molecule is NC(=O)CNC(=O)Cc1ccc2ccccc2c1. The molecule has 0 unspecified atom stereocenters. The molecule has 3 N–H and O–H groups in total. The molecular weight excluding hydrogens is 228 g/mol. The van der Waals surface area contributed by atoms with Crippen molar-refractivity contribution in [2.75, 3.05) is 6.54 Å². The van der Waals surface area contributed by atoms with Gasteiger partial charge in [-0.15, -0.1) is 0 Å². The zero-order valence-corrected chi connectivity index (χ0v) is 9.85. The van der Waals surface area contributed by atoms with Gasteiger partial charge in [-0.2, -0.15) is 0 Å². The van der Waals surface area contributed by atoms with Gasteiger partial charge < -0.3 is 11.1 Å². The van der Waals surface area contributed by atoms with Crippen molar-refractivity contribution in [3.05, 3.63) is 48.0 Å². The average molecular weight is 242 g/mol. The summed E-state index contributed by atoms with van der Waals surface area (Å²) < 4.78 is 0. The van der Waals surface area contributed by atoms with Crippen molar-refractivity contribution in [3.8, 4) is 0 Å². The van der Waals surface area contributed by atoms with Crippen LogP contribution in [0.4, 0.5) is 0 Å².